The zero-order valence-electron chi connectivity index (χ0n) is 11.8. The van der Waals surface area contributed by atoms with E-state index in [1.165, 1.54) is 31.4 Å². The van der Waals surface area contributed by atoms with Crippen molar-refractivity contribution >= 4 is 5.91 Å². The summed E-state index contributed by atoms with van der Waals surface area (Å²) in [6, 6.07) is 6.42. The van der Waals surface area contributed by atoms with Crippen LogP contribution < -0.4 is 5.32 Å². The lowest BCUT2D eigenvalue weighted by Crippen LogP contribution is -2.37. The molecule has 1 heterocycles. The molecular weight excluding hydrogens is 255 g/mol. The number of hydrogen-bond donors (Lipinski definition) is 1. The van der Waals surface area contributed by atoms with Crippen molar-refractivity contribution < 1.29 is 9.18 Å². The smallest absolute Gasteiger partial charge is 0.241 e. The van der Waals surface area contributed by atoms with E-state index in [2.05, 4.69) is 5.32 Å². The predicted molar refractivity (Wildman–Crippen MR) is 75.4 cm³/mol. The standard InChI is InChI=1S/C16H21FN2O/c1-2-14-16(20)19(10-11-5-3-6-11)15(18-14)12-7-4-8-13(17)9-12/h4,7-9,11,14-15,18H,2-3,5-6,10H2,1H3. The summed E-state index contributed by atoms with van der Waals surface area (Å²) < 4.78 is 13.4. The fourth-order valence-corrected chi connectivity index (χ4v) is 3.07. The third kappa shape index (κ3) is 2.44. The zero-order chi connectivity index (χ0) is 14.1. The number of carbonyl (C=O) groups is 1. The molecule has 1 amide bonds. The molecule has 2 fully saturated rings. The second-order valence-electron chi connectivity index (χ2n) is 5.87. The van der Waals surface area contributed by atoms with Crippen molar-refractivity contribution in [3.8, 4) is 0 Å². The highest BCUT2D eigenvalue weighted by atomic mass is 19.1. The predicted octanol–water partition coefficient (Wildman–Crippen LogP) is 2.83. The van der Waals surface area contributed by atoms with Crippen LogP contribution in [0.1, 0.15) is 44.3 Å². The van der Waals surface area contributed by atoms with Crippen LogP contribution in [0.4, 0.5) is 4.39 Å². The molecule has 1 aromatic carbocycles. The Morgan fingerprint density at radius 3 is 2.80 bits per heavy atom. The van der Waals surface area contributed by atoms with Crippen LogP contribution in [0.25, 0.3) is 0 Å². The Hall–Kier alpha value is -1.42. The van der Waals surface area contributed by atoms with Gasteiger partial charge in [0.1, 0.15) is 12.0 Å². The second-order valence-corrected chi connectivity index (χ2v) is 5.87. The quantitative estimate of drug-likeness (QED) is 0.917. The summed E-state index contributed by atoms with van der Waals surface area (Å²) in [5.41, 5.74) is 0.841. The van der Waals surface area contributed by atoms with Gasteiger partial charge in [-0.15, -0.1) is 0 Å². The molecule has 3 nitrogen and oxygen atoms in total. The van der Waals surface area contributed by atoms with Crippen molar-refractivity contribution in [1.29, 1.82) is 0 Å². The van der Waals surface area contributed by atoms with Crippen molar-refractivity contribution in [2.45, 2.75) is 44.8 Å². The maximum atomic E-state index is 13.4. The van der Waals surface area contributed by atoms with Crippen LogP contribution in [-0.4, -0.2) is 23.4 Å². The highest BCUT2D eigenvalue weighted by Gasteiger charge is 2.40. The molecule has 108 valence electrons. The van der Waals surface area contributed by atoms with E-state index in [0.29, 0.717) is 5.92 Å². The van der Waals surface area contributed by atoms with Crippen molar-refractivity contribution in [3.05, 3.63) is 35.6 Å². The van der Waals surface area contributed by atoms with Gasteiger partial charge >= 0.3 is 0 Å². The van der Waals surface area contributed by atoms with Crippen LogP contribution >= 0.6 is 0 Å². The molecule has 0 aromatic heterocycles. The molecule has 1 saturated heterocycles. The summed E-state index contributed by atoms with van der Waals surface area (Å²) in [7, 11) is 0. The molecule has 0 radical (unpaired) electrons. The summed E-state index contributed by atoms with van der Waals surface area (Å²) in [5.74, 6) is 0.529. The number of nitrogens with zero attached hydrogens (tertiary/aromatic N) is 1. The summed E-state index contributed by atoms with van der Waals surface area (Å²) in [4.78, 5) is 14.4. The first-order valence-corrected chi connectivity index (χ1v) is 7.51. The first-order valence-electron chi connectivity index (χ1n) is 7.51. The van der Waals surface area contributed by atoms with Crippen molar-refractivity contribution in [2.75, 3.05) is 6.54 Å². The molecule has 0 bridgehead atoms. The molecule has 20 heavy (non-hydrogen) atoms. The van der Waals surface area contributed by atoms with Gasteiger partial charge in [0.05, 0.1) is 6.04 Å². The molecule has 1 aliphatic carbocycles. The summed E-state index contributed by atoms with van der Waals surface area (Å²) in [6.45, 7) is 2.80. The lowest BCUT2D eigenvalue weighted by atomic mass is 9.85. The second kappa shape index (κ2) is 5.52. The first kappa shape index (κ1) is 13.6. The van der Waals surface area contributed by atoms with Crippen LogP contribution in [0.5, 0.6) is 0 Å². The number of hydrogen-bond acceptors (Lipinski definition) is 2. The lowest BCUT2D eigenvalue weighted by Gasteiger charge is -2.33. The van der Waals surface area contributed by atoms with Gasteiger partial charge in [-0.05, 0) is 42.9 Å². The SMILES string of the molecule is CCC1NC(c2cccc(F)c2)N(CC2CCC2)C1=O. The average molecular weight is 276 g/mol. The Morgan fingerprint density at radius 2 is 2.20 bits per heavy atom. The van der Waals surface area contributed by atoms with Crippen LogP contribution in [0.15, 0.2) is 24.3 Å². The Balaban J connectivity index is 1.83. The van der Waals surface area contributed by atoms with Gasteiger partial charge in [-0.3, -0.25) is 10.1 Å². The van der Waals surface area contributed by atoms with Crippen LogP contribution in [0.3, 0.4) is 0 Å². The van der Waals surface area contributed by atoms with E-state index in [4.69, 9.17) is 0 Å². The minimum Gasteiger partial charge on any atom is -0.321 e. The van der Waals surface area contributed by atoms with Crippen molar-refractivity contribution in [3.63, 3.8) is 0 Å². The highest BCUT2D eigenvalue weighted by molar-refractivity contribution is 5.84. The minimum atomic E-state index is -0.250. The normalized spacial score (nSPS) is 26.9. The first-order chi connectivity index (χ1) is 9.69. The molecule has 4 heteroatoms. The van der Waals surface area contributed by atoms with E-state index in [-0.39, 0.29) is 23.9 Å². The Bertz CT molecular complexity index is 501. The van der Waals surface area contributed by atoms with Crippen LogP contribution in [0.2, 0.25) is 0 Å². The van der Waals surface area contributed by atoms with Gasteiger partial charge in [0.25, 0.3) is 0 Å². The minimum absolute atomic E-state index is 0.136. The number of rotatable bonds is 4. The lowest BCUT2D eigenvalue weighted by molar-refractivity contribution is -0.131. The molecule has 0 spiro atoms. The molecule has 2 atom stereocenters. The molecular formula is C16H21FN2O. The number of benzene rings is 1. The van der Waals surface area contributed by atoms with Gasteiger partial charge < -0.3 is 4.90 Å². The molecule has 2 unspecified atom stereocenters. The van der Waals surface area contributed by atoms with E-state index >= 15 is 0 Å². The van der Waals surface area contributed by atoms with Crippen LogP contribution in [0, 0.1) is 11.7 Å². The van der Waals surface area contributed by atoms with E-state index in [9.17, 15) is 9.18 Å². The van der Waals surface area contributed by atoms with E-state index in [1.807, 2.05) is 17.9 Å². The third-order valence-electron chi connectivity index (χ3n) is 4.50. The molecule has 2 aliphatic rings. The fourth-order valence-electron chi connectivity index (χ4n) is 3.07. The number of amides is 1. The summed E-state index contributed by atoms with van der Waals surface area (Å²) in [5, 5.41) is 3.35. The Labute approximate surface area is 119 Å². The maximum absolute atomic E-state index is 13.4. The fraction of sp³-hybridized carbons (Fsp3) is 0.562. The monoisotopic (exact) mass is 276 g/mol. The summed E-state index contributed by atoms with van der Waals surface area (Å²) >= 11 is 0. The zero-order valence-corrected chi connectivity index (χ0v) is 11.8. The number of halogens is 1. The van der Waals surface area contributed by atoms with Crippen molar-refractivity contribution in [1.82, 2.24) is 10.2 Å². The topological polar surface area (TPSA) is 32.3 Å². The summed E-state index contributed by atoms with van der Waals surface area (Å²) in [6.07, 6.45) is 4.27. The molecule has 1 aromatic rings. The largest absolute Gasteiger partial charge is 0.321 e. The molecule has 1 aliphatic heterocycles. The van der Waals surface area contributed by atoms with E-state index < -0.39 is 0 Å². The van der Waals surface area contributed by atoms with Crippen molar-refractivity contribution in [2.24, 2.45) is 5.92 Å². The van der Waals surface area contributed by atoms with Gasteiger partial charge in [-0.2, -0.15) is 0 Å². The van der Waals surface area contributed by atoms with Gasteiger partial charge in [0.2, 0.25) is 5.91 Å². The van der Waals surface area contributed by atoms with Gasteiger partial charge in [-0.1, -0.05) is 25.5 Å². The highest BCUT2D eigenvalue weighted by Crippen LogP contribution is 2.33. The number of carbonyl (C=O) groups excluding carboxylic acids is 1. The average Bonchev–Trinajstić information content (AvgIpc) is 2.70. The Kier molecular flexibility index (Phi) is 3.74. The number of nitrogens with one attached hydrogen (secondary N) is 1. The van der Waals surface area contributed by atoms with Gasteiger partial charge in [0, 0.05) is 6.54 Å². The molecule has 1 saturated carbocycles. The molecule has 3 rings (SSSR count). The Morgan fingerprint density at radius 1 is 1.40 bits per heavy atom. The van der Waals surface area contributed by atoms with Crippen LogP contribution in [-0.2, 0) is 4.79 Å². The van der Waals surface area contributed by atoms with Gasteiger partial charge in [0.15, 0.2) is 0 Å². The van der Waals surface area contributed by atoms with Gasteiger partial charge in [-0.25, -0.2) is 4.39 Å². The maximum Gasteiger partial charge on any atom is 0.241 e. The van der Waals surface area contributed by atoms with E-state index in [1.54, 1.807) is 6.07 Å². The van der Waals surface area contributed by atoms with E-state index in [0.717, 1.165) is 18.5 Å². The third-order valence-corrected chi connectivity index (χ3v) is 4.50. The molecule has 1 N–H and O–H groups in total.